The van der Waals surface area contributed by atoms with E-state index in [4.69, 9.17) is 5.73 Å². The van der Waals surface area contributed by atoms with E-state index in [2.05, 4.69) is 16.9 Å². The number of thioether (sulfide) groups is 1. The van der Waals surface area contributed by atoms with Crippen molar-refractivity contribution >= 4 is 17.6 Å². The van der Waals surface area contributed by atoms with Gasteiger partial charge < -0.3 is 5.73 Å². The highest BCUT2D eigenvalue weighted by atomic mass is 32.2. The fourth-order valence-electron chi connectivity index (χ4n) is 0.931. The monoisotopic (exact) mass is 197 g/mol. The number of rotatable bonds is 4. The van der Waals surface area contributed by atoms with Crippen LogP contribution in [0.15, 0.2) is 11.1 Å². The van der Waals surface area contributed by atoms with Crippen LogP contribution in [-0.2, 0) is 6.42 Å². The molecule has 13 heavy (non-hydrogen) atoms. The molecule has 3 nitrogen and oxygen atoms in total. The van der Waals surface area contributed by atoms with Crippen LogP contribution in [0, 0.1) is 0 Å². The van der Waals surface area contributed by atoms with Crippen molar-refractivity contribution in [1.82, 2.24) is 9.97 Å². The second kappa shape index (κ2) is 5.07. The van der Waals surface area contributed by atoms with Gasteiger partial charge in [0.25, 0.3) is 0 Å². The summed E-state index contributed by atoms with van der Waals surface area (Å²) >= 11 is 1.73. The molecule has 0 saturated heterocycles. The summed E-state index contributed by atoms with van der Waals surface area (Å²) in [6, 6.07) is 1.83. The Morgan fingerprint density at radius 2 is 2.15 bits per heavy atom. The van der Waals surface area contributed by atoms with E-state index in [1.54, 1.807) is 11.8 Å². The molecule has 0 spiro atoms. The quantitative estimate of drug-likeness (QED) is 0.593. The molecule has 0 unspecified atom stereocenters. The number of nitrogens with two attached hydrogens (primary N) is 1. The summed E-state index contributed by atoms with van der Waals surface area (Å²) < 4.78 is 0. The molecule has 0 radical (unpaired) electrons. The van der Waals surface area contributed by atoms with E-state index in [1.807, 2.05) is 13.0 Å². The largest absolute Gasteiger partial charge is 0.384 e. The lowest BCUT2D eigenvalue weighted by Gasteiger charge is -2.02. The maximum atomic E-state index is 5.64. The van der Waals surface area contributed by atoms with Crippen molar-refractivity contribution in [2.45, 2.75) is 31.7 Å². The molecule has 0 aliphatic rings. The van der Waals surface area contributed by atoms with Crippen molar-refractivity contribution in [2.24, 2.45) is 0 Å². The Kier molecular flexibility index (Phi) is 4.02. The average Bonchev–Trinajstić information content (AvgIpc) is 2.14. The third kappa shape index (κ3) is 3.22. The molecule has 0 aliphatic carbocycles. The van der Waals surface area contributed by atoms with Crippen molar-refractivity contribution in [3.05, 3.63) is 11.9 Å². The molecule has 0 saturated carbocycles. The van der Waals surface area contributed by atoms with Gasteiger partial charge in [0, 0.05) is 12.5 Å². The maximum Gasteiger partial charge on any atom is 0.131 e. The molecule has 1 heterocycles. The summed E-state index contributed by atoms with van der Waals surface area (Å²) in [5, 5.41) is 0.992. The Morgan fingerprint density at radius 3 is 2.77 bits per heavy atom. The summed E-state index contributed by atoms with van der Waals surface area (Å²) in [6.07, 6.45) is 1.99. The Balaban J connectivity index is 2.76. The molecule has 0 fully saturated rings. The van der Waals surface area contributed by atoms with Crippen molar-refractivity contribution in [1.29, 1.82) is 0 Å². The van der Waals surface area contributed by atoms with Crippen molar-refractivity contribution in [3.63, 3.8) is 0 Å². The third-order valence-electron chi connectivity index (χ3n) is 1.54. The van der Waals surface area contributed by atoms with Crippen LogP contribution in [0.25, 0.3) is 0 Å². The number of aromatic nitrogens is 2. The zero-order valence-corrected chi connectivity index (χ0v) is 8.90. The molecule has 0 atom stereocenters. The van der Waals surface area contributed by atoms with Gasteiger partial charge >= 0.3 is 0 Å². The molecular weight excluding hydrogens is 182 g/mol. The minimum absolute atomic E-state index is 0.574. The van der Waals surface area contributed by atoms with E-state index in [1.165, 1.54) is 0 Å². The van der Waals surface area contributed by atoms with Crippen LogP contribution in [0.3, 0.4) is 0 Å². The first-order chi connectivity index (χ1) is 6.26. The van der Waals surface area contributed by atoms with Gasteiger partial charge in [0.1, 0.15) is 16.7 Å². The smallest absolute Gasteiger partial charge is 0.131 e. The van der Waals surface area contributed by atoms with E-state index in [0.717, 1.165) is 29.4 Å². The molecule has 1 aromatic rings. The lowest BCUT2D eigenvalue weighted by Crippen LogP contribution is -1.99. The van der Waals surface area contributed by atoms with E-state index in [-0.39, 0.29) is 0 Å². The van der Waals surface area contributed by atoms with Gasteiger partial charge in [-0.1, -0.05) is 13.8 Å². The Labute approximate surface area is 83.2 Å². The summed E-state index contributed by atoms with van der Waals surface area (Å²) in [7, 11) is 0. The number of nitrogen functional groups attached to an aromatic ring is 1. The highest BCUT2D eigenvalue weighted by Crippen LogP contribution is 2.17. The van der Waals surface area contributed by atoms with Gasteiger partial charge in [-0.15, -0.1) is 11.8 Å². The van der Waals surface area contributed by atoms with Crippen LogP contribution < -0.4 is 5.73 Å². The summed E-state index contributed by atoms with van der Waals surface area (Å²) in [5.74, 6) is 2.49. The average molecular weight is 197 g/mol. The predicted octanol–water partition coefficient (Wildman–Crippen LogP) is 2.12. The van der Waals surface area contributed by atoms with E-state index < -0.39 is 0 Å². The number of nitrogens with zero attached hydrogens (tertiary/aromatic N) is 2. The van der Waals surface area contributed by atoms with Crippen LogP contribution in [-0.4, -0.2) is 15.7 Å². The zero-order valence-electron chi connectivity index (χ0n) is 8.08. The number of aryl methyl sites for hydroxylation is 1. The minimum atomic E-state index is 0.574. The number of hydrogen-bond acceptors (Lipinski definition) is 4. The van der Waals surface area contributed by atoms with Crippen LogP contribution in [0.5, 0.6) is 0 Å². The lowest BCUT2D eigenvalue weighted by atomic mass is 10.4. The normalized spacial score (nSPS) is 10.3. The Hall–Kier alpha value is -0.770. The summed E-state index contributed by atoms with van der Waals surface area (Å²) in [5.41, 5.74) is 5.64. The molecule has 0 aliphatic heterocycles. The molecule has 0 amide bonds. The standard InChI is InChI=1S/C9H15N3S/c1-3-5-13-9-6-7(10)11-8(4-2)12-9/h6H,3-5H2,1-2H3,(H2,10,11,12). The molecule has 72 valence electrons. The molecule has 0 bridgehead atoms. The third-order valence-corrected chi connectivity index (χ3v) is 2.66. The first kappa shape index (κ1) is 10.3. The highest BCUT2D eigenvalue weighted by molar-refractivity contribution is 7.99. The number of anilines is 1. The summed E-state index contributed by atoms with van der Waals surface area (Å²) in [6.45, 7) is 4.18. The molecule has 0 aromatic carbocycles. The van der Waals surface area contributed by atoms with E-state index in [9.17, 15) is 0 Å². The summed E-state index contributed by atoms with van der Waals surface area (Å²) in [4.78, 5) is 8.48. The van der Waals surface area contributed by atoms with Gasteiger partial charge in [0.2, 0.25) is 0 Å². The van der Waals surface area contributed by atoms with Gasteiger partial charge in [-0.05, 0) is 12.2 Å². The van der Waals surface area contributed by atoms with Crippen LogP contribution in [0.2, 0.25) is 0 Å². The van der Waals surface area contributed by atoms with Crippen LogP contribution >= 0.6 is 11.8 Å². The van der Waals surface area contributed by atoms with E-state index >= 15 is 0 Å². The van der Waals surface area contributed by atoms with Crippen LogP contribution in [0.4, 0.5) is 5.82 Å². The molecule has 2 N–H and O–H groups in total. The molecule has 1 rings (SSSR count). The maximum absolute atomic E-state index is 5.64. The second-order valence-corrected chi connectivity index (χ2v) is 3.86. The van der Waals surface area contributed by atoms with Gasteiger partial charge in [-0.3, -0.25) is 0 Å². The first-order valence-electron chi connectivity index (χ1n) is 4.52. The highest BCUT2D eigenvalue weighted by Gasteiger charge is 2.00. The van der Waals surface area contributed by atoms with E-state index in [0.29, 0.717) is 5.82 Å². The minimum Gasteiger partial charge on any atom is -0.384 e. The topological polar surface area (TPSA) is 51.8 Å². The van der Waals surface area contributed by atoms with Crippen molar-refractivity contribution < 1.29 is 0 Å². The molecular formula is C9H15N3S. The fraction of sp³-hybridized carbons (Fsp3) is 0.556. The van der Waals surface area contributed by atoms with Crippen molar-refractivity contribution in [3.8, 4) is 0 Å². The van der Waals surface area contributed by atoms with Crippen molar-refractivity contribution in [2.75, 3.05) is 11.5 Å². The van der Waals surface area contributed by atoms with Gasteiger partial charge in [-0.2, -0.15) is 0 Å². The van der Waals surface area contributed by atoms with Gasteiger partial charge in [-0.25, -0.2) is 9.97 Å². The molecule has 4 heteroatoms. The second-order valence-electron chi connectivity index (χ2n) is 2.75. The zero-order chi connectivity index (χ0) is 9.68. The Bertz CT molecular complexity index is 276. The van der Waals surface area contributed by atoms with Gasteiger partial charge in [0.05, 0.1) is 0 Å². The Morgan fingerprint density at radius 1 is 1.38 bits per heavy atom. The lowest BCUT2D eigenvalue weighted by molar-refractivity contribution is 0.893. The fourth-order valence-corrected chi connectivity index (χ4v) is 1.72. The first-order valence-corrected chi connectivity index (χ1v) is 5.51. The van der Waals surface area contributed by atoms with Gasteiger partial charge in [0.15, 0.2) is 0 Å². The number of hydrogen-bond donors (Lipinski definition) is 1. The predicted molar refractivity (Wildman–Crippen MR) is 56.8 cm³/mol. The SMILES string of the molecule is CCCSc1cc(N)nc(CC)n1. The molecule has 1 aromatic heterocycles. The van der Waals surface area contributed by atoms with Crippen LogP contribution in [0.1, 0.15) is 26.1 Å².